The average Bonchev–Trinajstić information content (AvgIpc) is 3.08. The second kappa shape index (κ2) is 8.18. The van der Waals surface area contributed by atoms with Gasteiger partial charge in [0.2, 0.25) is 0 Å². The van der Waals surface area contributed by atoms with E-state index in [2.05, 4.69) is 14.5 Å². The van der Waals surface area contributed by atoms with Gasteiger partial charge in [-0.1, -0.05) is 11.6 Å². The van der Waals surface area contributed by atoms with Crippen LogP contribution in [0.25, 0.3) is 0 Å². The molecule has 0 bridgehead atoms. The quantitative estimate of drug-likeness (QED) is 0.802. The van der Waals surface area contributed by atoms with Crippen LogP contribution in [0.4, 0.5) is 4.39 Å². The molecule has 0 radical (unpaired) electrons. The number of rotatable bonds is 5. The lowest BCUT2D eigenvalue weighted by molar-refractivity contribution is 0.0703. The molecule has 1 unspecified atom stereocenters. The van der Waals surface area contributed by atoms with Crippen molar-refractivity contribution < 1.29 is 9.18 Å². The smallest absolute Gasteiger partial charge is 0.255 e. The Morgan fingerprint density at radius 3 is 2.96 bits per heavy atom. The maximum Gasteiger partial charge on any atom is 0.255 e. The van der Waals surface area contributed by atoms with E-state index in [0.29, 0.717) is 18.7 Å². The van der Waals surface area contributed by atoms with Crippen LogP contribution in [0.5, 0.6) is 0 Å². The standard InChI is InChI=1S/C19H24ClFN4O/c1-23(2)10-11-24-9-7-22-18(24)14-4-3-8-25(13-14)19(26)16-6-5-15(21)12-17(16)20/h5-7,9,12,14H,3-4,8,10-11,13H2,1-2H3. The first-order valence-electron chi connectivity index (χ1n) is 8.86. The van der Waals surface area contributed by atoms with E-state index in [4.69, 9.17) is 11.6 Å². The fourth-order valence-electron chi connectivity index (χ4n) is 3.38. The number of benzene rings is 1. The van der Waals surface area contributed by atoms with Gasteiger partial charge in [0.05, 0.1) is 10.6 Å². The number of nitrogens with zero attached hydrogens (tertiary/aromatic N) is 4. The lowest BCUT2D eigenvalue weighted by Crippen LogP contribution is -2.40. The number of amides is 1. The Morgan fingerprint density at radius 2 is 2.23 bits per heavy atom. The highest BCUT2D eigenvalue weighted by Gasteiger charge is 2.28. The van der Waals surface area contributed by atoms with Crippen LogP contribution in [0.2, 0.25) is 5.02 Å². The van der Waals surface area contributed by atoms with Crippen LogP contribution in [-0.4, -0.2) is 59.0 Å². The zero-order valence-corrected chi connectivity index (χ0v) is 15.9. The molecule has 1 fully saturated rings. The highest BCUT2D eigenvalue weighted by atomic mass is 35.5. The number of likely N-dealkylation sites (N-methyl/N-ethyl adjacent to an activating group) is 1. The summed E-state index contributed by atoms with van der Waals surface area (Å²) in [6.45, 7) is 3.09. The van der Waals surface area contributed by atoms with Gasteiger partial charge in [0.15, 0.2) is 0 Å². The van der Waals surface area contributed by atoms with E-state index in [1.807, 2.05) is 26.5 Å². The van der Waals surface area contributed by atoms with Crippen LogP contribution in [0.1, 0.15) is 34.9 Å². The van der Waals surface area contributed by atoms with Gasteiger partial charge in [0.25, 0.3) is 5.91 Å². The minimum atomic E-state index is -0.439. The molecule has 0 spiro atoms. The second-order valence-corrected chi connectivity index (χ2v) is 7.40. The summed E-state index contributed by atoms with van der Waals surface area (Å²) in [7, 11) is 4.09. The number of hydrogen-bond donors (Lipinski definition) is 0. The number of aromatic nitrogens is 2. The maximum atomic E-state index is 13.3. The van der Waals surface area contributed by atoms with E-state index in [-0.39, 0.29) is 16.8 Å². The first kappa shape index (κ1) is 18.9. The molecule has 0 saturated carbocycles. The molecule has 1 aliphatic heterocycles. The van der Waals surface area contributed by atoms with Gasteiger partial charge in [-0.15, -0.1) is 0 Å². The SMILES string of the molecule is CN(C)CCn1ccnc1C1CCCN(C(=O)c2ccc(F)cc2Cl)C1. The Labute approximate surface area is 158 Å². The van der Waals surface area contributed by atoms with Crippen molar-refractivity contribution in [1.29, 1.82) is 0 Å². The highest BCUT2D eigenvalue weighted by molar-refractivity contribution is 6.33. The number of piperidine rings is 1. The third-order valence-electron chi connectivity index (χ3n) is 4.77. The average molecular weight is 379 g/mol. The molecule has 1 amide bonds. The third kappa shape index (κ3) is 4.24. The molecule has 5 nitrogen and oxygen atoms in total. The van der Waals surface area contributed by atoms with Crippen LogP contribution < -0.4 is 0 Å². The fraction of sp³-hybridized carbons (Fsp3) is 0.474. The molecule has 1 atom stereocenters. The largest absolute Gasteiger partial charge is 0.338 e. The van der Waals surface area contributed by atoms with Gasteiger partial charge in [0, 0.05) is 44.5 Å². The maximum absolute atomic E-state index is 13.3. The predicted molar refractivity (Wildman–Crippen MR) is 100 cm³/mol. The van der Waals surface area contributed by atoms with Crippen molar-refractivity contribution in [2.75, 3.05) is 33.7 Å². The van der Waals surface area contributed by atoms with Gasteiger partial charge in [-0.3, -0.25) is 4.79 Å². The van der Waals surface area contributed by atoms with Crippen molar-refractivity contribution >= 4 is 17.5 Å². The highest BCUT2D eigenvalue weighted by Crippen LogP contribution is 2.28. The molecule has 3 rings (SSSR count). The summed E-state index contributed by atoms with van der Waals surface area (Å²) in [5, 5.41) is 0.157. The number of hydrogen-bond acceptors (Lipinski definition) is 3. The number of halogens is 2. The summed E-state index contributed by atoms with van der Waals surface area (Å²) in [4.78, 5) is 21.3. The first-order chi connectivity index (χ1) is 12.5. The molecule has 0 N–H and O–H groups in total. The normalized spacial score (nSPS) is 17.7. The molecule has 26 heavy (non-hydrogen) atoms. The van der Waals surface area contributed by atoms with E-state index in [1.54, 1.807) is 4.90 Å². The van der Waals surface area contributed by atoms with Gasteiger partial charge in [-0.2, -0.15) is 0 Å². The summed E-state index contributed by atoms with van der Waals surface area (Å²) in [6, 6.07) is 3.92. The van der Waals surface area contributed by atoms with Gasteiger partial charge < -0.3 is 14.4 Å². The molecule has 1 aromatic heterocycles. The molecule has 2 heterocycles. The molecule has 0 aliphatic carbocycles. The Balaban J connectivity index is 1.73. The van der Waals surface area contributed by atoms with Crippen molar-refractivity contribution in [2.45, 2.75) is 25.3 Å². The molecule has 1 saturated heterocycles. The van der Waals surface area contributed by atoms with Crippen molar-refractivity contribution in [3.8, 4) is 0 Å². The van der Waals surface area contributed by atoms with Crippen molar-refractivity contribution in [3.63, 3.8) is 0 Å². The summed E-state index contributed by atoms with van der Waals surface area (Å²) in [6.07, 6.45) is 5.73. The van der Waals surface area contributed by atoms with Crippen molar-refractivity contribution in [2.24, 2.45) is 0 Å². The van der Waals surface area contributed by atoms with Crippen LogP contribution in [-0.2, 0) is 6.54 Å². The van der Waals surface area contributed by atoms with E-state index in [1.165, 1.54) is 18.2 Å². The lowest BCUT2D eigenvalue weighted by atomic mass is 9.96. The van der Waals surface area contributed by atoms with Crippen LogP contribution in [0.3, 0.4) is 0 Å². The summed E-state index contributed by atoms with van der Waals surface area (Å²) >= 11 is 6.07. The Hall–Kier alpha value is -1.92. The van der Waals surface area contributed by atoms with Gasteiger partial charge in [-0.25, -0.2) is 9.37 Å². The van der Waals surface area contributed by atoms with Crippen LogP contribution >= 0.6 is 11.6 Å². The van der Waals surface area contributed by atoms with E-state index in [0.717, 1.165) is 31.8 Å². The van der Waals surface area contributed by atoms with Gasteiger partial charge in [-0.05, 0) is 45.1 Å². The first-order valence-corrected chi connectivity index (χ1v) is 9.23. The Morgan fingerprint density at radius 1 is 1.42 bits per heavy atom. The van der Waals surface area contributed by atoms with Crippen molar-refractivity contribution in [3.05, 3.63) is 52.8 Å². The van der Waals surface area contributed by atoms with Crippen molar-refractivity contribution in [1.82, 2.24) is 19.4 Å². The summed E-state index contributed by atoms with van der Waals surface area (Å²) in [5.41, 5.74) is 0.352. The fourth-order valence-corrected chi connectivity index (χ4v) is 3.63. The van der Waals surface area contributed by atoms with E-state index >= 15 is 0 Å². The van der Waals surface area contributed by atoms with E-state index < -0.39 is 5.82 Å². The molecule has 7 heteroatoms. The minimum Gasteiger partial charge on any atom is -0.338 e. The molecule has 1 aliphatic rings. The summed E-state index contributed by atoms with van der Waals surface area (Å²) in [5.74, 6) is 0.635. The minimum absolute atomic E-state index is 0.147. The third-order valence-corrected chi connectivity index (χ3v) is 5.08. The number of likely N-dealkylation sites (tertiary alicyclic amines) is 1. The molecule has 1 aromatic carbocycles. The zero-order chi connectivity index (χ0) is 18.7. The Kier molecular flexibility index (Phi) is 5.94. The molecular formula is C19H24ClFN4O. The second-order valence-electron chi connectivity index (χ2n) is 7.00. The zero-order valence-electron chi connectivity index (χ0n) is 15.2. The summed E-state index contributed by atoms with van der Waals surface area (Å²) < 4.78 is 15.4. The van der Waals surface area contributed by atoms with E-state index in [9.17, 15) is 9.18 Å². The predicted octanol–water partition coefficient (Wildman–Crippen LogP) is 3.26. The molecule has 140 valence electrons. The van der Waals surface area contributed by atoms with Gasteiger partial charge in [0.1, 0.15) is 11.6 Å². The lowest BCUT2D eigenvalue weighted by Gasteiger charge is -2.33. The topological polar surface area (TPSA) is 41.4 Å². The number of carbonyl (C=O) groups is 1. The molecular weight excluding hydrogens is 355 g/mol. The Bertz CT molecular complexity index is 777. The number of imidazole rings is 1. The van der Waals surface area contributed by atoms with Crippen LogP contribution in [0.15, 0.2) is 30.6 Å². The van der Waals surface area contributed by atoms with Crippen LogP contribution in [0, 0.1) is 5.82 Å². The monoisotopic (exact) mass is 378 g/mol. The van der Waals surface area contributed by atoms with Gasteiger partial charge >= 0.3 is 0 Å². The molecule has 2 aromatic rings. The number of carbonyl (C=O) groups excluding carboxylic acids is 1.